The third-order valence-corrected chi connectivity index (χ3v) is 29.8. The summed E-state index contributed by atoms with van der Waals surface area (Å²) in [6, 6.07) is 0. The maximum absolute atomic E-state index is 4.04. The van der Waals surface area contributed by atoms with Crippen LogP contribution in [0.5, 0.6) is 0 Å². The predicted molar refractivity (Wildman–Crippen MR) is 142 cm³/mol. The van der Waals surface area contributed by atoms with Gasteiger partial charge < -0.3 is 43.6 Å². The number of nitrogens with zero attached hydrogens (tertiary/aromatic N) is 6. The average molecular weight is 535 g/mol. The van der Waals surface area contributed by atoms with Crippen LogP contribution in [0, 0.1) is 0 Å². The number of hydrogen-bond donors (Lipinski definition) is 4. The molecular weight excluding hydrogens is 497 g/mol. The second kappa shape index (κ2) is 13.3. The highest BCUT2D eigenvalue weighted by Gasteiger charge is 2.20. The number of nitrogens with one attached hydrogen (secondary N) is 4. The summed E-state index contributed by atoms with van der Waals surface area (Å²) in [7, 11) is 7.04. The lowest BCUT2D eigenvalue weighted by atomic mass is 11.1. The molecule has 0 saturated carbocycles. The van der Waals surface area contributed by atoms with Gasteiger partial charge in [0.2, 0.25) is 0 Å². The zero-order valence-electron chi connectivity index (χ0n) is 16.5. The fraction of sp³-hybridized carbons (Fsp3) is 1.00. The van der Waals surface area contributed by atoms with Gasteiger partial charge in [-0.15, -0.1) is 0 Å². The first kappa shape index (κ1) is 23.3. The van der Waals surface area contributed by atoms with Crippen molar-refractivity contribution < 1.29 is 0 Å². The molecule has 0 aliphatic carbocycles. The predicted octanol–water partition coefficient (Wildman–Crippen LogP) is -13.7. The Morgan fingerprint density at radius 1 is 1.00 bits per heavy atom. The third-order valence-electron chi connectivity index (χ3n) is 4.14. The molecule has 21 heteroatoms. The molecule has 10 nitrogen and oxygen atoms in total. The Bertz CT molecular complexity index is 358. The second-order valence-corrected chi connectivity index (χ2v) is 41.3. The van der Waals surface area contributed by atoms with Crippen LogP contribution in [0.2, 0.25) is 0 Å². The summed E-state index contributed by atoms with van der Waals surface area (Å²) in [6.45, 7) is 1.12. The van der Waals surface area contributed by atoms with Crippen molar-refractivity contribution in [3.63, 3.8) is 0 Å². The van der Waals surface area contributed by atoms with Crippen molar-refractivity contribution in [2.24, 2.45) is 0 Å². The Morgan fingerprint density at radius 3 is 2.48 bits per heavy atom. The highest BCUT2D eigenvalue weighted by atomic mass is 28.4. The molecule has 0 bridgehead atoms. The monoisotopic (exact) mass is 534 g/mol. The summed E-state index contributed by atoms with van der Waals surface area (Å²) in [4.78, 5) is 3.74. The summed E-state index contributed by atoms with van der Waals surface area (Å²) >= 11 is 0. The number of rotatable bonds is 8. The van der Waals surface area contributed by atoms with Crippen molar-refractivity contribution in [3.05, 3.63) is 0 Å². The lowest BCUT2D eigenvalue weighted by Gasteiger charge is -2.38. The molecule has 2 heterocycles. The van der Waals surface area contributed by atoms with Gasteiger partial charge >= 0.3 is 0 Å². The van der Waals surface area contributed by atoms with Crippen LogP contribution >= 0.6 is 0 Å². The van der Waals surface area contributed by atoms with Crippen molar-refractivity contribution >= 4 is 109 Å². The van der Waals surface area contributed by atoms with E-state index in [0.717, 1.165) is 6.67 Å². The van der Waals surface area contributed by atoms with Gasteiger partial charge in [-0.2, -0.15) is 0 Å². The molecule has 0 aromatic rings. The largest absolute Gasteiger partial charge is 0.349 e. The van der Waals surface area contributed by atoms with Crippen molar-refractivity contribution in [1.82, 2.24) is 43.6 Å². The van der Waals surface area contributed by atoms with E-state index in [1.807, 2.05) is 0 Å². The SMILES string of the molecule is CN([SiH3])[SiH2]N(C)[SiH2]N1[SiH2]N[SiH2]N([SiH2]N[SiH2]N2[SiH2]NCN(C)[SiH2]N[SiH2]2)[SiH2]1. The van der Waals surface area contributed by atoms with Gasteiger partial charge in [-0.1, -0.05) is 0 Å². The van der Waals surface area contributed by atoms with Crippen LogP contribution in [0.1, 0.15) is 0 Å². The van der Waals surface area contributed by atoms with E-state index >= 15 is 0 Å². The van der Waals surface area contributed by atoms with Crippen molar-refractivity contribution in [3.8, 4) is 0 Å². The Morgan fingerprint density at radius 2 is 1.68 bits per heavy atom. The van der Waals surface area contributed by atoms with Crippen LogP contribution < -0.4 is 18.9 Å². The first-order chi connectivity index (χ1) is 12.0. The first-order valence-electron chi connectivity index (χ1n) is 9.04. The lowest BCUT2D eigenvalue weighted by Crippen LogP contribution is -2.66. The molecule has 2 aliphatic heterocycles. The Balaban J connectivity index is 1.61. The fourth-order valence-corrected chi connectivity index (χ4v) is 50.4. The quantitative estimate of drug-likeness (QED) is 0.226. The van der Waals surface area contributed by atoms with E-state index in [0.29, 0.717) is 0 Å². The molecule has 2 fully saturated rings. The van der Waals surface area contributed by atoms with Gasteiger partial charge in [0, 0.05) is 6.67 Å². The van der Waals surface area contributed by atoms with Crippen LogP contribution in [0.3, 0.4) is 0 Å². The Kier molecular flexibility index (Phi) is 12.3. The van der Waals surface area contributed by atoms with Gasteiger partial charge in [-0.25, -0.2) is 0 Å². The van der Waals surface area contributed by atoms with Crippen LogP contribution in [0.25, 0.3) is 0 Å². The summed E-state index contributed by atoms with van der Waals surface area (Å²) in [5, 5.41) is 0. The Labute approximate surface area is 179 Å². The minimum atomic E-state index is -0.179. The van der Waals surface area contributed by atoms with Crippen LogP contribution in [0.15, 0.2) is 0 Å². The van der Waals surface area contributed by atoms with Gasteiger partial charge in [0.25, 0.3) is 0 Å². The van der Waals surface area contributed by atoms with E-state index < -0.39 is 0 Å². The first-order valence-corrected chi connectivity index (χ1v) is 23.1. The van der Waals surface area contributed by atoms with E-state index in [1.165, 1.54) is 10.4 Å². The molecular formula is C4H38N10Si11. The van der Waals surface area contributed by atoms with E-state index in [9.17, 15) is 0 Å². The smallest absolute Gasteiger partial charge is 0.164 e. The summed E-state index contributed by atoms with van der Waals surface area (Å²) in [6.07, 6.45) is 0. The van der Waals surface area contributed by atoms with Gasteiger partial charge in [0.1, 0.15) is 9.84 Å². The highest BCUT2D eigenvalue weighted by Crippen LogP contribution is 1.91. The van der Waals surface area contributed by atoms with Crippen molar-refractivity contribution in [2.45, 2.75) is 0 Å². The zero-order chi connectivity index (χ0) is 18.1. The maximum Gasteiger partial charge on any atom is 0.164 e. The molecule has 0 amide bonds. The van der Waals surface area contributed by atoms with Gasteiger partial charge in [0.05, 0.1) is 10.4 Å². The van der Waals surface area contributed by atoms with E-state index in [-0.39, 0.29) is 98.4 Å². The molecule has 148 valence electrons. The minimum Gasteiger partial charge on any atom is -0.349 e. The molecule has 0 atom stereocenters. The second-order valence-electron chi connectivity index (χ2n) is 7.49. The minimum absolute atomic E-state index is 0.0511. The van der Waals surface area contributed by atoms with Gasteiger partial charge in [0.15, 0.2) is 88.6 Å². The summed E-state index contributed by atoms with van der Waals surface area (Å²) in [5.74, 6) is 0. The van der Waals surface area contributed by atoms with Gasteiger partial charge in [-0.3, -0.25) is 0 Å². The molecule has 2 rings (SSSR count). The Hall–Kier alpha value is 1.99. The molecule has 4 N–H and O–H groups in total. The molecule has 2 aliphatic rings. The molecule has 0 aromatic carbocycles. The van der Waals surface area contributed by atoms with Crippen molar-refractivity contribution in [1.29, 1.82) is 0 Å². The lowest BCUT2D eigenvalue weighted by molar-refractivity contribution is 0.514. The highest BCUT2D eigenvalue weighted by molar-refractivity contribution is 6.80. The van der Waals surface area contributed by atoms with E-state index in [1.54, 1.807) is 0 Å². The average Bonchev–Trinajstić information content (AvgIpc) is 2.51. The maximum atomic E-state index is 4.04. The standard InChI is InChI=1S/C4H38N10Si11/c1-9-4-5-16-12(18-6-17-9)19-7-20-13-21-8-22-14(25-13)24-11(3)23-10(2)15/h5-8H,4,16-25H2,1-3,15H3. The van der Waals surface area contributed by atoms with E-state index in [4.69, 9.17) is 0 Å². The third kappa shape index (κ3) is 10.4. The van der Waals surface area contributed by atoms with E-state index in [2.05, 4.69) is 64.8 Å². The molecule has 0 spiro atoms. The van der Waals surface area contributed by atoms with Gasteiger partial charge in [-0.05, 0) is 21.1 Å². The van der Waals surface area contributed by atoms with Crippen LogP contribution in [-0.4, -0.2) is 161 Å². The fourth-order valence-electron chi connectivity index (χ4n) is 3.21. The normalized spacial score (nSPS) is 31.1. The summed E-state index contributed by atoms with van der Waals surface area (Å²) < 4.78 is 28.5. The molecule has 0 unspecified atom stereocenters. The van der Waals surface area contributed by atoms with Crippen molar-refractivity contribution in [2.75, 3.05) is 27.8 Å². The number of hydrogen-bond acceptors (Lipinski definition) is 10. The zero-order valence-corrected chi connectivity index (χ0v) is 32.6. The van der Waals surface area contributed by atoms with Crippen LogP contribution in [0.4, 0.5) is 0 Å². The molecule has 0 aromatic heterocycles. The summed E-state index contributed by atoms with van der Waals surface area (Å²) in [5.41, 5.74) is 0. The molecule has 2 saturated heterocycles. The topological polar surface area (TPSA) is 67.6 Å². The molecule has 0 radical (unpaired) electrons. The molecule has 25 heavy (non-hydrogen) atoms. The van der Waals surface area contributed by atoms with Crippen LogP contribution in [-0.2, 0) is 0 Å².